The van der Waals surface area contributed by atoms with E-state index < -0.39 is 0 Å². The Morgan fingerprint density at radius 3 is 1.68 bits per heavy atom. The van der Waals surface area contributed by atoms with Crippen LogP contribution in [-0.2, 0) is 0 Å². The molecule has 0 bridgehead atoms. The maximum atomic E-state index is 3.96. The Kier molecular flexibility index (Phi) is 5.95. The number of hydrogen-bond acceptors (Lipinski definition) is 3. The van der Waals surface area contributed by atoms with E-state index in [0.717, 1.165) is 17.1 Å². The second-order valence-electron chi connectivity index (χ2n) is 13.4. The van der Waals surface area contributed by atoms with Crippen LogP contribution in [0.2, 0.25) is 0 Å². The van der Waals surface area contributed by atoms with Gasteiger partial charge in [0.05, 0.1) is 34.5 Å². The lowest BCUT2D eigenvalue weighted by molar-refractivity contribution is 0.641. The first-order chi connectivity index (χ1) is 24.8. The third kappa shape index (κ3) is 4.03. The molecule has 0 fully saturated rings. The summed E-state index contributed by atoms with van der Waals surface area (Å²) in [7, 11) is 0. The molecule has 3 heterocycles. The molecule has 2 aromatic heterocycles. The summed E-state index contributed by atoms with van der Waals surface area (Å²) >= 11 is 1.89. The van der Waals surface area contributed by atoms with E-state index in [1.54, 1.807) is 0 Å². The van der Waals surface area contributed by atoms with E-state index in [1.807, 2.05) is 11.3 Å². The van der Waals surface area contributed by atoms with Crippen LogP contribution in [0.15, 0.2) is 164 Å². The van der Waals surface area contributed by atoms with Gasteiger partial charge in [0, 0.05) is 36.6 Å². The summed E-state index contributed by atoms with van der Waals surface area (Å²) in [4.78, 5) is 0. The Bertz CT molecular complexity index is 2860. The molecule has 2 unspecified atom stereocenters. The van der Waals surface area contributed by atoms with Gasteiger partial charge in [-0.15, -0.1) is 11.3 Å². The van der Waals surface area contributed by atoms with Crippen molar-refractivity contribution >= 4 is 86.2 Å². The highest BCUT2D eigenvalue weighted by Gasteiger charge is 2.32. The third-order valence-corrected chi connectivity index (χ3v) is 11.9. The molecule has 0 saturated carbocycles. The molecule has 4 heteroatoms. The molecule has 236 valence electrons. The number of para-hydroxylation sites is 2. The topological polar surface area (TPSA) is 29.0 Å². The van der Waals surface area contributed by atoms with E-state index in [2.05, 4.69) is 179 Å². The fourth-order valence-corrected chi connectivity index (χ4v) is 9.70. The van der Waals surface area contributed by atoms with Gasteiger partial charge >= 0.3 is 0 Å². The molecule has 0 aliphatic carbocycles. The molecule has 0 radical (unpaired) electrons. The summed E-state index contributed by atoms with van der Waals surface area (Å²) in [6, 6.07) is 60.1. The van der Waals surface area contributed by atoms with Crippen LogP contribution in [-0.4, -0.2) is 4.57 Å². The van der Waals surface area contributed by atoms with Gasteiger partial charge in [-0.3, -0.25) is 0 Å². The van der Waals surface area contributed by atoms with Gasteiger partial charge in [0.15, 0.2) is 0 Å². The first-order valence-corrected chi connectivity index (χ1v) is 18.1. The monoisotopic (exact) mass is 657 g/mol. The van der Waals surface area contributed by atoms with E-state index in [4.69, 9.17) is 0 Å². The minimum atomic E-state index is 0.0285. The van der Waals surface area contributed by atoms with E-state index in [0.29, 0.717) is 0 Å². The maximum Gasteiger partial charge on any atom is 0.0771 e. The average molecular weight is 658 g/mol. The number of fused-ring (bicyclic) bond motifs is 11. The number of benzene rings is 8. The summed E-state index contributed by atoms with van der Waals surface area (Å²) in [6.07, 6.45) is 0. The van der Waals surface area contributed by atoms with Crippen LogP contribution in [0, 0.1) is 0 Å². The Labute approximate surface area is 293 Å². The van der Waals surface area contributed by atoms with Crippen LogP contribution in [0.3, 0.4) is 0 Å². The Morgan fingerprint density at radius 2 is 1.00 bits per heavy atom. The predicted molar refractivity (Wildman–Crippen MR) is 214 cm³/mol. The van der Waals surface area contributed by atoms with Crippen molar-refractivity contribution in [3.63, 3.8) is 0 Å². The van der Waals surface area contributed by atoms with Crippen molar-refractivity contribution in [1.82, 2.24) is 4.57 Å². The number of hydrogen-bond donors (Lipinski definition) is 2. The molecule has 0 spiro atoms. The lowest BCUT2D eigenvalue weighted by atomic mass is 9.89. The second kappa shape index (κ2) is 10.7. The zero-order valence-electron chi connectivity index (χ0n) is 27.1. The molecular weight excluding hydrogens is 627 g/mol. The van der Waals surface area contributed by atoms with Gasteiger partial charge in [0.2, 0.25) is 0 Å². The highest BCUT2D eigenvalue weighted by atomic mass is 32.1. The van der Waals surface area contributed by atoms with Crippen molar-refractivity contribution in [3.8, 4) is 5.69 Å². The molecule has 0 amide bonds. The largest absolute Gasteiger partial charge is 0.374 e. The van der Waals surface area contributed by atoms with Crippen LogP contribution >= 0.6 is 11.3 Å². The van der Waals surface area contributed by atoms with Gasteiger partial charge in [-0.2, -0.15) is 0 Å². The van der Waals surface area contributed by atoms with Crippen molar-refractivity contribution in [2.45, 2.75) is 12.1 Å². The van der Waals surface area contributed by atoms with E-state index in [1.165, 1.54) is 74.6 Å². The van der Waals surface area contributed by atoms with Crippen LogP contribution in [0.1, 0.15) is 23.2 Å². The summed E-state index contributed by atoms with van der Waals surface area (Å²) in [5.41, 5.74) is 8.44. The van der Waals surface area contributed by atoms with Crippen LogP contribution in [0.4, 0.5) is 11.4 Å². The molecule has 1 aliphatic heterocycles. The highest BCUT2D eigenvalue weighted by molar-refractivity contribution is 7.26. The van der Waals surface area contributed by atoms with Crippen molar-refractivity contribution in [1.29, 1.82) is 0 Å². The molecule has 1 aliphatic rings. The number of nitrogens with zero attached hydrogens (tertiary/aromatic N) is 1. The molecule has 3 nitrogen and oxygen atoms in total. The quantitative estimate of drug-likeness (QED) is 0.198. The number of nitrogens with one attached hydrogen (secondary N) is 2. The molecule has 8 aromatic carbocycles. The van der Waals surface area contributed by atoms with Gasteiger partial charge in [0.25, 0.3) is 0 Å². The predicted octanol–water partition coefficient (Wildman–Crippen LogP) is 12.8. The number of thiophene rings is 1. The fourth-order valence-electron chi connectivity index (χ4n) is 8.44. The maximum absolute atomic E-state index is 3.96. The molecule has 11 rings (SSSR count). The van der Waals surface area contributed by atoms with Crippen LogP contribution < -0.4 is 10.6 Å². The summed E-state index contributed by atoms with van der Waals surface area (Å²) in [5.74, 6) is 0. The normalized spacial score (nSPS) is 15.9. The molecule has 2 atom stereocenters. The Morgan fingerprint density at radius 1 is 0.440 bits per heavy atom. The van der Waals surface area contributed by atoms with Crippen LogP contribution in [0.5, 0.6) is 0 Å². The number of anilines is 2. The number of rotatable bonds is 3. The molecule has 0 saturated heterocycles. The van der Waals surface area contributed by atoms with E-state index in [9.17, 15) is 0 Å². The molecular formula is C46H31N3S. The SMILES string of the molecule is c1ccc2c(c1)NC(c1ccc(-n3c4ccc5ccccc5c4c4c5ccccc5ccc43)cc1)C(c1cccc3c1sc1ccccc13)N2. The second-order valence-corrected chi connectivity index (χ2v) is 14.5. The first kappa shape index (κ1) is 27.8. The van der Waals surface area contributed by atoms with E-state index in [-0.39, 0.29) is 12.1 Å². The molecule has 50 heavy (non-hydrogen) atoms. The van der Waals surface area contributed by atoms with Crippen molar-refractivity contribution in [2.24, 2.45) is 0 Å². The first-order valence-electron chi connectivity index (χ1n) is 17.3. The smallest absolute Gasteiger partial charge is 0.0771 e. The van der Waals surface area contributed by atoms with Crippen molar-refractivity contribution in [3.05, 3.63) is 175 Å². The minimum Gasteiger partial charge on any atom is -0.374 e. The fraction of sp³-hybridized carbons (Fsp3) is 0.0435. The van der Waals surface area contributed by atoms with Crippen LogP contribution in [0.25, 0.3) is 69.2 Å². The van der Waals surface area contributed by atoms with Crippen molar-refractivity contribution < 1.29 is 0 Å². The van der Waals surface area contributed by atoms with Gasteiger partial charge in [-0.05, 0) is 75.1 Å². The number of aromatic nitrogens is 1. The standard InChI is InChI=1S/C46H31N3S/c1-3-12-32-28(10-1)22-26-39-42(32)43-33-13-4-2-11-29(33)23-27-40(43)49(39)31-24-20-30(21-25-31)44-45(48-38-18-7-6-17-37(38)47-44)36-16-9-15-35-34-14-5-8-19-41(34)50-46(35)36/h1-27,44-45,47-48H. The Balaban J connectivity index is 1.09. The van der Waals surface area contributed by atoms with Gasteiger partial charge in [-0.25, -0.2) is 0 Å². The lowest BCUT2D eigenvalue weighted by Gasteiger charge is -2.37. The minimum absolute atomic E-state index is 0.0285. The molecule has 10 aromatic rings. The highest BCUT2D eigenvalue weighted by Crippen LogP contribution is 2.47. The zero-order valence-corrected chi connectivity index (χ0v) is 27.9. The lowest BCUT2D eigenvalue weighted by Crippen LogP contribution is -2.30. The third-order valence-electron chi connectivity index (χ3n) is 10.7. The average Bonchev–Trinajstić information content (AvgIpc) is 3.74. The summed E-state index contributed by atoms with van der Waals surface area (Å²) in [6.45, 7) is 0. The van der Waals surface area contributed by atoms with E-state index >= 15 is 0 Å². The van der Waals surface area contributed by atoms with Gasteiger partial charge < -0.3 is 15.2 Å². The van der Waals surface area contributed by atoms with Gasteiger partial charge in [0.1, 0.15) is 0 Å². The van der Waals surface area contributed by atoms with Crippen molar-refractivity contribution in [2.75, 3.05) is 10.6 Å². The molecule has 2 N–H and O–H groups in total. The summed E-state index contributed by atoms with van der Waals surface area (Å²) in [5, 5.41) is 18.3. The Hall–Kier alpha value is -6.10. The zero-order chi connectivity index (χ0) is 32.8. The van der Waals surface area contributed by atoms with Gasteiger partial charge in [-0.1, -0.05) is 121 Å². The summed E-state index contributed by atoms with van der Waals surface area (Å²) < 4.78 is 5.12.